The molecule has 1 N–H and O–H groups in total. The van der Waals surface area contributed by atoms with Gasteiger partial charge in [-0.15, -0.1) is 0 Å². The van der Waals surface area contributed by atoms with Crippen LogP contribution in [0.5, 0.6) is 11.5 Å². The molecule has 0 unspecified atom stereocenters. The first-order valence-corrected chi connectivity index (χ1v) is 9.91. The van der Waals surface area contributed by atoms with Crippen LogP contribution in [0.4, 0.5) is 10.2 Å². The van der Waals surface area contributed by atoms with E-state index < -0.39 is 10.0 Å². The quantitative estimate of drug-likeness (QED) is 0.626. The van der Waals surface area contributed by atoms with E-state index in [1.165, 1.54) is 49.4 Å². The zero-order chi connectivity index (χ0) is 20.3. The minimum atomic E-state index is -4.04. The molecule has 0 aliphatic rings. The standard InChI is InChI=1S/C18H17ClFN3O4S/c1-26-14-7-8-16(27-2)17(9-14)28(24,25)22-18-15(19)11-23(21-18)10-12-3-5-13(20)6-4-12/h3-9,11H,10H2,1-2H3,(H,21,22). The Kier molecular flexibility index (Phi) is 5.76. The number of methoxy groups -OCH3 is 2. The first-order valence-electron chi connectivity index (χ1n) is 8.04. The monoisotopic (exact) mass is 425 g/mol. The molecule has 1 heterocycles. The zero-order valence-electron chi connectivity index (χ0n) is 15.0. The summed E-state index contributed by atoms with van der Waals surface area (Å²) in [6.07, 6.45) is 1.48. The lowest BCUT2D eigenvalue weighted by Gasteiger charge is -2.11. The second-order valence-corrected chi connectivity index (χ2v) is 7.83. The molecule has 2 aromatic carbocycles. The van der Waals surface area contributed by atoms with Crippen LogP contribution >= 0.6 is 11.6 Å². The number of nitrogens with zero attached hydrogens (tertiary/aromatic N) is 2. The SMILES string of the molecule is COc1ccc(OC)c(S(=O)(=O)Nc2nn(Cc3ccc(F)cc3)cc2Cl)c1. The summed E-state index contributed by atoms with van der Waals surface area (Å²) in [4.78, 5) is -0.112. The second kappa shape index (κ2) is 8.07. The van der Waals surface area contributed by atoms with Crippen LogP contribution < -0.4 is 14.2 Å². The number of aromatic nitrogens is 2. The molecule has 148 valence electrons. The molecule has 0 bridgehead atoms. The van der Waals surface area contributed by atoms with Gasteiger partial charge >= 0.3 is 0 Å². The van der Waals surface area contributed by atoms with E-state index in [0.717, 1.165) is 5.56 Å². The minimum absolute atomic E-state index is 0.0337. The van der Waals surface area contributed by atoms with Crippen molar-refractivity contribution in [1.82, 2.24) is 9.78 Å². The molecular weight excluding hydrogens is 409 g/mol. The third kappa shape index (κ3) is 4.37. The van der Waals surface area contributed by atoms with Crippen molar-refractivity contribution >= 4 is 27.4 Å². The highest BCUT2D eigenvalue weighted by atomic mass is 35.5. The molecule has 10 heteroatoms. The Morgan fingerprint density at radius 3 is 2.50 bits per heavy atom. The fraction of sp³-hybridized carbons (Fsp3) is 0.167. The van der Waals surface area contributed by atoms with Crippen LogP contribution in [0.3, 0.4) is 0 Å². The number of sulfonamides is 1. The van der Waals surface area contributed by atoms with Gasteiger partial charge in [-0.2, -0.15) is 5.10 Å². The van der Waals surface area contributed by atoms with Crippen LogP contribution in [0.25, 0.3) is 0 Å². The van der Waals surface area contributed by atoms with Gasteiger partial charge in [-0.1, -0.05) is 23.7 Å². The molecular formula is C18H17ClFN3O4S. The summed E-state index contributed by atoms with van der Waals surface area (Å²) in [6.45, 7) is 0.296. The number of anilines is 1. The number of hydrogen-bond acceptors (Lipinski definition) is 5. The number of ether oxygens (including phenoxy) is 2. The van der Waals surface area contributed by atoms with E-state index in [-0.39, 0.29) is 27.3 Å². The van der Waals surface area contributed by atoms with E-state index in [1.54, 1.807) is 18.2 Å². The van der Waals surface area contributed by atoms with E-state index in [9.17, 15) is 12.8 Å². The molecule has 0 aliphatic carbocycles. The predicted octanol–water partition coefficient (Wildman–Crippen LogP) is 3.54. The Morgan fingerprint density at radius 1 is 1.14 bits per heavy atom. The summed E-state index contributed by atoms with van der Waals surface area (Å²) in [5.41, 5.74) is 0.782. The number of benzene rings is 2. The van der Waals surface area contributed by atoms with E-state index in [2.05, 4.69) is 9.82 Å². The van der Waals surface area contributed by atoms with Crippen LogP contribution in [0.15, 0.2) is 53.6 Å². The summed E-state index contributed by atoms with van der Waals surface area (Å²) >= 11 is 6.14. The van der Waals surface area contributed by atoms with Gasteiger partial charge in [0, 0.05) is 12.3 Å². The normalized spacial score (nSPS) is 11.3. The fourth-order valence-electron chi connectivity index (χ4n) is 2.50. The highest BCUT2D eigenvalue weighted by Gasteiger charge is 2.23. The van der Waals surface area contributed by atoms with Gasteiger partial charge in [0.1, 0.15) is 27.2 Å². The molecule has 3 aromatic rings. The van der Waals surface area contributed by atoms with E-state index in [1.807, 2.05) is 0 Å². The van der Waals surface area contributed by atoms with Crippen molar-refractivity contribution in [3.63, 3.8) is 0 Å². The highest BCUT2D eigenvalue weighted by Crippen LogP contribution is 2.31. The van der Waals surface area contributed by atoms with Gasteiger partial charge in [0.15, 0.2) is 5.82 Å². The molecule has 0 radical (unpaired) electrons. The topological polar surface area (TPSA) is 82.4 Å². The predicted molar refractivity (Wildman–Crippen MR) is 103 cm³/mol. The van der Waals surface area contributed by atoms with Crippen LogP contribution in [-0.2, 0) is 16.6 Å². The first-order chi connectivity index (χ1) is 13.3. The van der Waals surface area contributed by atoms with Crippen molar-refractivity contribution in [2.45, 2.75) is 11.4 Å². The lowest BCUT2D eigenvalue weighted by Crippen LogP contribution is -2.15. The van der Waals surface area contributed by atoms with Crippen molar-refractivity contribution in [3.8, 4) is 11.5 Å². The molecule has 3 rings (SSSR count). The molecule has 0 fully saturated rings. The summed E-state index contributed by atoms with van der Waals surface area (Å²) in [5, 5.41) is 4.28. The van der Waals surface area contributed by atoms with Crippen LogP contribution in [-0.4, -0.2) is 32.4 Å². The van der Waals surface area contributed by atoms with Crippen molar-refractivity contribution in [1.29, 1.82) is 0 Å². The minimum Gasteiger partial charge on any atom is -0.497 e. The molecule has 0 spiro atoms. The third-order valence-electron chi connectivity index (χ3n) is 3.87. The van der Waals surface area contributed by atoms with Gasteiger partial charge in [0.25, 0.3) is 10.0 Å². The number of hydrogen-bond donors (Lipinski definition) is 1. The van der Waals surface area contributed by atoms with Crippen LogP contribution in [0.1, 0.15) is 5.56 Å². The average Bonchev–Trinajstić information content (AvgIpc) is 3.01. The molecule has 1 aromatic heterocycles. The number of halogens is 2. The van der Waals surface area contributed by atoms with Crippen molar-refractivity contribution in [3.05, 3.63) is 65.1 Å². The van der Waals surface area contributed by atoms with Gasteiger partial charge in [0.2, 0.25) is 0 Å². The maximum atomic E-state index is 13.0. The molecule has 0 atom stereocenters. The Labute approximate surface area is 166 Å². The lowest BCUT2D eigenvalue weighted by molar-refractivity contribution is 0.392. The summed E-state index contributed by atoms with van der Waals surface area (Å²) in [5.74, 6) is 0.126. The Balaban J connectivity index is 1.87. The largest absolute Gasteiger partial charge is 0.497 e. The van der Waals surface area contributed by atoms with Gasteiger partial charge in [0.05, 0.1) is 20.8 Å². The Morgan fingerprint density at radius 2 is 1.86 bits per heavy atom. The molecule has 0 saturated heterocycles. The van der Waals surface area contributed by atoms with E-state index >= 15 is 0 Å². The molecule has 0 amide bonds. The zero-order valence-corrected chi connectivity index (χ0v) is 16.6. The van der Waals surface area contributed by atoms with Gasteiger partial charge in [-0.25, -0.2) is 12.8 Å². The van der Waals surface area contributed by atoms with Crippen molar-refractivity contribution in [2.24, 2.45) is 0 Å². The van der Waals surface area contributed by atoms with Crippen molar-refractivity contribution in [2.75, 3.05) is 18.9 Å². The smallest absolute Gasteiger partial charge is 0.266 e. The maximum absolute atomic E-state index is 13.0. The third-order valence-corrected chi connectivity index (χ3v) is 5.50. The number of nitrogens with one attached hydrogen (secondary N) is 1. The first kappa shape index (κ1) is 20.0. The second-order valence-electron chi connectivity index (χ2n) is 5.77. The summed E-state index contributed by atoms with van der Waals surface area (Å²) in [7, 11) is -1.24. The highest BCUT2D eigenvalue weighted by molar-refractivity contribution is 7.92. The van der Waals surface area contributed by atoms with Crippen molar-refractivity contribution < 1.29 is 22.3 Å². The molecule has 7 nitrogen and oxygen atoms in total. The Hall–Kier alpha value is -2.78. The molecule has 0 saturated carbocycles. The molecule has 0 aliphatic heterocycles. The van der Waals surface area contributed by atoms with E-state index in [4.69, 9.17) is 21.1 Å². The average molecular weight is 426 g/mol. The van der Waals surface area contributed by atoms with Crippen LogP contribution in [0.2, 0.25) is 5.02 Å². The lowest BCUT2D eigenvalue weighted by atomic mass is 10.2. The summed E-state index contributed by atoms with van der Waals surface area (Å²) in [6, 6.07) is 10.3. The summed E-state index contributed by atoms with van der Waals surface area (Å²) < 4.78 is 52.7. The van der Waals surface area contributed by atoms with E-state index in [0.29, 0.717) is 12.3 Å². The fourth-order valence-corrected chi connectivity index (χ4v) is 3.96. The van der Waals surface area contributed by atoms with Gasteiger partial charge in [-0.3, -0.25) is 9.40 Å². The van der Waals surface area contributed by atoms with Crippen LogP contribution in [0, 0.1) is 5.82 Å². The van der Waals surface area contributed by atoms with Gasteiger partial charge < -0.3 is 9.47 Å². The maximum Gasteiger partial charge on any atom is 0.266 e. The van der Waals surface area contributed by atoms with Gasteiger partial charge in [-0.05, 0) is 29.8 Å². The number of rotatable bonds is 7. The molecule has 28 heavy (non-hydrogen) atoms. The Bertz CT molecular complexity index is 1080.